The van der Waals surface area contributed by atoms with Crippen molar-refractivity contribution in [2.24, 2.45) is 0 Å². The number of hydrogen-bond acceptors (Lipinski definition) is 4. The maximum Gasteiger partial charge on any atom is 0.187 e. The molecule has 0 aliphatic carbocycles. The molecule has 0 saturated carbocycles. The predicted octanol–water partition coefficient (Wildman–Crippen LogP) is 1.73. The van der Waals surface area contributed by atoms with Gasteiger partial charge in [0.15, 0.2) is 5.16 Å². The van der Waals surface area contributed by atoms with E-state index >= 15 is 0 Å². The van der Waals surface area contributed by atoms with Crippen LogP contribution in [0.1, 0.15) is 5.69 Å². The Bertz CT molecular complexity index is 297. The van der Waals surface area contributed by atoms with Crippen LogP contribution < -0.4 is 0 Å². The molecule has 1 heterocycles. The van der Waals surface area contributed by atoms with Crippen LogP contribution in [0.15, 0.2) is 23.6 Å². The van der Waals surface area contributed by atoms with Gasteiger partial charge in [-0.05, 0) is 18.4 Å². The van der Waals surface area contributed by atoms with E-state index in [0.717, 1.165) is 10.9 Å². The number of thioether (sulfide) groups is 1. The first-order chi connectivity index (χ1) is 6.22. The SMILES string of the molecule is CSc1nccc(C=CN(C)C)n1. The quantitative estimate of drug-likeness (QED) is 0.542. The standard InChI is InChI=1S/C9H13N3S/c1-12(2)7-5-8-4-6-10-9(11-8)13-3/h4-7H,1-3H3. The Balaban J connectivity index is 2.77. The minimum absolute atomic E-state index is 0.806. The van der Waals surface area contributed by atoms with Crippen molar-refractivity contribution in [1.29, 1.82) is 0 Å². The fraction of sp³-hybridized carbons (Fsp3) is 0.333. The lowest BCUT2D eigenvalue weighted by Crippen LogP contribution is -2.00. The second-order valence-electron chi connectivity index (χ2n) is 2.75. The molecule has 0 spiro atoms. The van der Waals surface area contributed by atoms with Crippen molar-refractivity contribution < 1.29 is 0 Å². The Morgan fingerprint density at radius 3 is 2.85 bits per heavy atom. The zero-order valence-electron chi connectivity index (χ0n) is 8.06. The Kier molecular flexibility index (Phi) is 3.76. The molecular weight excluding hydrogens is 182 g/mol. The van der Waals surface area contributed by atoms with Crippen LogP contribution in [0.3, 0.4) is 0 Å². The van der Waals surface area contributed by atoms with Gasteiger partial charge in [0.1, 0.15) is 0 Å². The van der Waals surface area contributed by atoms with E-state index in [0.29, 0.717) is 0 Å². The van der Waals surface area contributed by atoms with Gasteiger partial charge in [-0.2, -0.15) is 0 Å². The van der Waals surface area contributed by atoms with E-state index < -0.39 is 0 Å². The van der Waals surface area contributed by atoms with Crippen LogP contribution >= 0.6 is 11.8 Å². The molecule has 1 aromatic rings. The van der Waals surface area contributed by atoms with E-state index in [1.807, 2.05) is 43.6 Å². The molecular formula is C9H13N3S. The minimum atomic E-state index is 0.806. The Morgan fingerprint density at radius 2 is 2.23 bits per heavy atom. The highest BCUT2D eigenvalue weighted by molar-refractivity contribution is 7.98. The molecule has 0 unspecified atom stereocenters. The summed E-state index contributed by atoms with van der Waals surface area (Å²) in [6, 6.07) is 1.89. The van der Waals surface area contributed by atoms with Crippen molar-refractivity contribution in [2.75, 3.05) is 20.4 Å². The number of hydrogen-bond donors (Lipinski definition) is 0. The summed E-state index contributed by atoms with van der Waals surface area (Å²) >= 11 is 1.55. The van der Waals surface area contributed by atoms with Gasteiger partial charge in [-0.3, -0.25) is 0 Å². The molecule has 0 aromatic carbocycles. The van der Waals surface area contributed by atoms with Crippen LogP contribution in [-0.2, 0) is 0 Å². The number of aromatic nitrogens is 2. The summed E-state index contributed by atoms with van der Waals surface area (Å²) < 4.78 is 0. The van der Waals surface area contributed by atoms with Crippen LogP contribution in [0, 0.1) is 0 Å². The van der Waals surface area contributed by atoms with Crippen LogP contribution in [0.25, 0.3) is 6.08 Å². The van der Waals surface area contributed by atoms with Gasteiger partial charge >= 0.3 is 0 Å². The van der Waals surface area contributed by atoms with Crippen molar-refractivity contribution in [2.45, 2.75) is 5.16 Å². The highest BCUT2D eigenvalue weighted by atomic mass is 32.2. The number of rotatable bonds is 3. The number of nitrogens with zero attached hydrogens (tertiary/aromatic N) is 3. The molecule has 0 atom stereocenters. The van der Waals surface area contributed by atoms with Crippen molar-refractivity contribution in [1.82, 2.24) is 14.9 Å². The zero-order valence-corrected chi connectivity index (χ0v) is 8.88. The molecule has 0 radical (unpaired) electrons. The maximum atomic E-state index is 4.30. The highest BCUT2D eigenvalue weighted by Crippen LogP contribution is 2.08. The third kappa shape index (κ3) is 3.46. The first-order valence-corrected chi connectivity index (χ1v) is 5.16. The molecule has 0 bridgehead atoms. The molecule has 3 nitrogen and oxygen atoms in total. The maximum absolute atomic E-state index is 4.30. The second kappa shape index (κ2) is 4.87. The topological polar surface area (TPSA) is 29.0 Å². The summed E-state index contributed by atoms with van der Waals surface area (Å²) in [4.78, 5) is 10.4. The molecule has 13 heavy (non-hydrogen) atoms. The predicted molar refractivity (Wildman–Crippen MR) is 56.5 cm³/mol. The minimum Gasteiger partial charge on any atom is -0.383 e. The molecule has 0 saturated heterocycles. The van der Waals surface area contributed by atoms with Crippen molar-refractivity contribution in [3.05, 3.63) is 24.2 Å². The Hall–Kier alpha value is -1.03. The van der Waals surface area contributed by atoms with Gasteiger partial charge in [-0.15, -0.1) is 0 Å². The second-order valence-corrected chi connectivity index (χ2v) is 3.52. The first-order valence-electron chi connectivity index (χ1n) is 3.94. The molecule has 0 fully saturated rings. The third-order valence-electron chi connectivity index (χ3n) is 1.38. The molecule has 4 heteroatoms. The van der Waals surface area contributed by atoms with E-state index in [1.54, 1.807) is 18.0 Å². The van der Waals surface area contributed by atoms with E-state index in [-0.39, 0.29) is 0 Å². The summed E-state index contributed by atoms with van der Waals surface area (Å²) in [6.45, 7) is 0. The lowest BCUT2D eigenvalue weighted by molar-refractivity contribution is 0.567. The van der Waals surface area contributed by atoms with E-state index in [4.69, 9.17) is 0 Å². The summed E-state index contributed by atoms with van der Waals surface area (Å²) in [5.41, 5.74) is 0.938. The van der Waals surface area contributed by atoms with Crippen molar-refractivity contribution >= 4 is 17.8 Å². The largest absolute Gasteiger partial charge is 0.383 e. The molecule has 0 aliphatic heterocycles. The molecule has 1 aromatic heterocycles. The summed E-state index contributed by atoms with van der Waals surface area (Å²) in [5, 5.41) is 0.806. The zero-order chi connectivity index (χ0) is 9.68. The lowest BCUT2D eigenvalue weighted by Gasteiger charge is -2.02. The monoisotopic (exact) mass is 195 g/mol. The van der Waals surface area contributed by atoms with Gasteiger partial charge in [0, 0.05) is 26.5 Å². The highest BCUT2D eigenvalue weighted by Gasteiger charge is 1.93. The van der Waals surface area contributed by atoms with Gasteiger partial charge in [0.25, 0.3) is 0 Å². The fourth-order valence-electron chi connectivity index (χ4n) is 0.771. The molecule has 0 amide bonds. The van der Waals surface area contributed by atoms with Gasteiger partial charge in [-0.1, -0.05) is 11.8 Å². The molecule has 1 rings (SSSR count). The molecule has 0 aliphatic rings. The van der Waals surface area contributed by atoms with Gasteiger partial charge < -0.3 is 4.90 Å². The molecule has 0 N–H and O–H groups in total. The average molecular weight is 195 g/mol. The average Bonchev–Trinajstić information content (AvgIpc) is 2.15. The fourth-order valence-corrected chi connectivity index (χ4v) is 1.13. The lowest BCUT2D eigenvalue weighted by atomic mass is 10.4. The van der Waals surface area contributed by atoms with Crippen LogP contribution in [0.2, 0.25) is 0 Å². The molecule has 70 valence electrons. The van der Waals surface area contributed by atoms with E-state index in [1.165, 1.54) is 0 Å². The van der Waals surface area contributed by atoms with Crippen LogP contribution in [0.4, 0.5) is 0 Å². The summed E-state index contributed by atoms with van der Waals surface area (Å²) in [7, 11) is 3.96. The smallest absolute Gasteiger partial charge is 0.187 e. The van der Waals surface area contributed by atoms with Crippen LogP contribution in [-0.4, -0.2) is 35.2 Å². The third-order valence-corrected chi connectivity index (χ3v) is 1.94. The Morgan fingerprint density at radius 1 is 1.46 bits per heavy atom. The normalized spacial score (nSPS) is 10.7. The first kappa shape index (κ1) is 10.1. The van der Waals surface area contributed by atoms with Crippen LogP contribution in [0.5, 0.6) is 0 Å². The van der Waals surface area contributed by atoms with E-state index in [9.17, 15) is 0 Å². The van der Waals surface area contributed by atoms with E-state index in [2.05, 4.69) is 9.97 Å². The van der Waals surface area contributed by atoms with Crippen molar-refractivity contribution in [3.8, 4) is 0 Å². The Labute approximate surface area is 82.9 Å². The summed E-state index contributed by atoms with van der Waals surface area (Å²) in [6.07, 6.45) is 7.66. The van der Waals surface area contributed by atoms with Gasteiger partial charge in [0.2, 0.25) is 0 Å². The summed E-state index contributed by atoms with van der Waals surface area (Å²) in [5.74, 6) is 0. The van der Waals surface area contributed by atoms with Gasteiger partial charge in [0.05, 0.1) is 5.69 Å². The van der Waals surface area contributed by atoms with Gasteiger partial charge in [-0.25, -0.2) is 9.97 Å². The van der Waals surface area contributed by atoms with Crippen molar-refractivity contribution in [3.63, 3.8) is 0 Å².